The van der Waals surface area contributed by atoms with Gasteiger partial charge in [-0.3, -0.25) is 9.59 Å². The molecule has 56 heavy (non-hydrogen) atoms. The van der Waals surface area contributed by atoms with Crippen LogP contribution in [0, 0.1) is 0 Å². The van der Waals surface area contributed by atoms with Crippen LogP contribution in [0.15, 0.2) is 91.3 Å². The molecule has 2 amide bonds. The Morgan fingerprint density at radius 3 is 1.93 bits per heavy atom. The van der Waals surface area contributed by atoms with Gasteiger partial charge in [0.25, 0.3) is 0 Å². The summed E-state index contributed by atoms with van der Waals surface area (Å²) >= 11 is 0. The molecule has 4 aromatic rings. The zero-order chi connectivity index (χ0) is 38.3. The lowest BCUT2D eigenvalue weighted by Crippen LogP contribution is -2.44. The van der Waals surface area contributed by atoms with Crippen molar-refractivity contribution in [2.24, 2.45) is 0 Å². The molecule has 0 radical (unpaired) electrons. The molecule has 2 saturated carbocycles. The van der Waals surface area contributed by atoms with Gasteiger partial charge in [0.1, 0.15) is 11.6 Å². The highest BCUT2D eigenvalue weighted by Gasteiger charge is 2.34. The van der Waals surface area contributed by atoms with Gasteiger partial charge in [0, 0.05) is 96.3 Å². The molecule has 2 aliphatic heterocycles. The molecule has 4 heterocycles. The topological polar surface area (TPSA) is 88.2 Å². The quantitative estimate of drug-likeness (QED) is 0.176. The number of carbonyl (C=O) groups excluding carboxylic acids is 2. The molecule has 2 aliphatic carbocycles. The number of pyridine rings is 2. The van der Waals surface area contributed by atoms with Crippen molar-refractivity contribution >= 4 is 23.5 Å². The maximum absolute atomic E-state index is 14.0. The van der Waals surface area contributed by atoms with Gasteiger partial charge in [0.15, 0.2) is 0 Å². The summed E-state index contributed by atoms with van der Waals surface area (Å²) in [6, 6.07) is 28.0. The van der Waals surface area contributed by atoms with Crippen LogP contribution in [0.25, 0.3) is 0 Å². The van der Waals surface area contributed by atoms with Crippen LogP contribution in [-0.4, -0.2) is 108 Å². The maximum atomic E-state index is 14.0. The summed E-state index contributed by atoms with van der Waals surface area (Å²) in [5.74, 6) is 2.80. The lowest BCUT2D eigenvalue weighted by atomic mass is 9.94. The van der Waals surface area contributed by atoms with Crippen molar-refractivity contribution in [1.29, 1.82) is 0 Å². The first-order valence-corrected chi connectivity index (χ1v) is 21.0. The van der Waals surface area contributed by atoms with Crippen LogP contribution in [0.2, 0.25) is 0 Å². The van der Waals surface area contributed by atoms with E-state index in [1.807, 2.05) is 42.7 Å². The molecular formula is C46H58N8O2. The standard InChI is InChI=1S/C46H58N8O2/c1-50-24-26-52(27-25-50)44-18-11-38(32-49-44)34-54(46(56)29-35-6-3-2-4-7-35)42-14-13-40(30-42)39-9-5-8-36(28-39)12-19-45(55)53(41-15-16-41)33-37-10-17-43(48-31-37)51-22-20-47-21-23-51/h2-11,17-18,28,31-32,40-42,47H,12-16,19-27,29-30,33-34H2,1H3. The van der Waals surface area contributed by atoms with E-state index in [-0.39, 0.29) is 17.9 Å². The molecule has 1 N–H and O–H groups in total. The van der Waals surface area contributed by atoms with Gasteiger partial charge in [-0.1, -0.05) is 66.7 Å². The number of likely N-dealkylation sites (N-methyl/N-ethyl adjacent to an activating group) is 1. The van der Waals surface area contributed by atoms with Crippen LogP contribution in [0.4, 0.5) is 11.6 Å². The Morgan fingerprint density at radius 1 is 0.661 bits per heavy atom. The van der Waals surface area contributed by atoms with E-state index in [9.17, 15) is 9.59 Å². The summed E-state index contributed by atoms with van der Waals surface area (Å²) < 4.78 is 0. The van der Waals surface area contributed by atoms with E-state index < -0.39 is 0 Å². The fourth-order valence-electron chi connectivity index (χ4n) is 8.76. The monoisotopic (exact) mass is 754 g/mol. The van der Waals surface area contributed by atoms with E-state index in [1.165, 1.54) is 11.1 Å². The van der Waals surface area contributed by atoms with Gasteiger partial charge in [0.05, 0.1) is 6.42 Å². The van der Waals surface area contributed by atoms with Crippen molar-refractivity contribution in [3.8, 4) is 0 Å². The van der Waals surface area contributed by atoms with Crippen molar-refractivity contribution in [2.45, 2.75) is 82.5 Å². The summed E-state index contributed by atoms with van der Waals surface area (Å²) in [5, 5.41) is 3.40. The van der Waals surface area contributed by atoms with Crippen molar-refractivity contribution < 1.29 is 9.59 Å². The summed E-state index contributed by atoms with van der Waals surface area (Å²) in [7, 11) is 2.17. The Hall–Kier alpha value is -4.80. The maximum Gasteiger partial charge on any atom is 0.227 e. The molecule has 8 rings (SSSR count). The number of nitrogens with one attached hydrogen (secondary N) is 1. The Labute approximate surface area is 332 Å². The lowest BCUT2D eigenvalue weighted by molar-refractivity contribution is -0.133. The highest BCUT2D eigenvalue weighted by Crippen LogP contribution is 2.38. The van der Waals surface area contributed by atoms with Gasteiger partial charge in [-0.05, 0) is 91.4 Å². The first kappa shape index (κ1) is 38.1. The van der Waals surface area contributed by atoms with Gasteiger partial charge < -0.3 is 29.8 Å². The average Bonchev–Trinajstić information content (AvgIpc) is 3.97. The highest BCUT2D eigenvalue weighted by atomic mass is 16.2. The summed E-state index contributed by atoms with van der Waals surface area (Å²) in [6.45, 7) is 9.14. The number of anilines is 2. The molecule has 294 valence electrons. The second kappa shape index (κ2) is 18.0. The lowest BCUT2D eigenvalue weighted by Gasteiger charge is -2.33. The Bertz CT molecular complexity index is 1890. The fraction of sp³-hybridized carbons (Fsp3) is 0.478. The van der Waals surface area contributed by atoms with Crippen molar-refractivity contribution in [3.63, 3.8) is 0 Å². The van der Waals surface area contributed by atoms with E-state index in [0.29, 0.717) is 37.9 Å². The normalized spacial score (nSPS) is 20.2. The minimum atomic E-state index is 0.159. The van der Waals surface area contributed by atoms with Crippen LogP contribution in [0.3, 0.4) is 0 Å². The van der Waals surface area contributed by atoms with Crippen LogP contribution < -0.4 is 15.1 Å². The molecule has 2 unspecified atom stereocenters. The zero-order valence-electron chi connectivity index (χ0n) is 33.1. The molecule has 0 spiro atoms. The molecule has 4 fully saturated rings. The first-order valence-electron chi connectivity index (χ1n) is 21.0. The third-order valence-electron chi connectivity index (χ3n) is 12.3. The summed E-state index contributed by atoms with van der Waals surface area (Å²) in [5.41, 5.74) is 5.74. The highest BCUT2D eigenvalue weighted by molar-refractivity contribution is 5.79. The molecule has 10 nitrogen and oxygen atoms in total. The second-order valence-corrected chi connectivity index (χ2v) is 16.4. The van der Waals surface area contributed by atoms with Gasteiger partial charge in [-0.2, -0.15) is 0 Å². The molecule has 2 aromatic carbocycles. The Kier molecular flexibility index (Phi) is 12.2. The zero-order valence-corrected chi connectivity index (χ0v) is 33.1. The number of amides is 2. The minimum Gasteiger partial charge on any atom is -0.354 e. The van der Waals surface area contributed by atoms with Crippen molar-refractivity contribution in [3.05, 3.63) is 119 Å². The average molecular weight is 755 g/mol. The van der Waals surface area contributed by atoms with Crippen LogP contribution >= 0.6 is 0 Å². The van der Waals surface area contributed by atoms with Crippen LogP contribution in [0.1, 0.15) is 72.3 Å². The molecule has 10 heteroatoms. The number of carbonyl (C=O) groups is 2. The van der Waals surface area contributed by atoms with E-state index in [4.69, 9.17) is 9.97 Å². The summed E-state index contributed by atoms with van der Waals surface area (Å²) in [6.07, 6.45) is 10.7. The third-order valence-corrected chi connectivity index (χ3v) is 12.3. The smallest absolute Gasteiger partial charge is 0.227 e. The predicted octanol–water partition coefficient (Wildman–Crippen LogP) is 5.67. The van der Waals surface area contributed by atoms with Crippen LogP contribution in [-0.2, 0) is 35.5 Å². The molecule has 0 bridgehead atoms. The van der Waals surface area contributed by atoms with E-state index in [2.05, 4.69) is 85.4 Å². The number of aryl methyl sites for hydroxylation is 1. The SMILES string of the molecule is CN1CCN(c2ccc(CN(C(=O)Cc3ccccc3)C3CCC(c4cccc(CCC(=O)N(Cc5ccc(N6CCNCC6)nc5)C5CC5)c4)C3)cn2)CC1. The number of piperazine rings is 2. The molecule has 4 aliphatic rings. The summed E-state index contributed by atoms with van der Waals surface area (Å²) in [4.78, 5) is 48.6. The largest absolute Gasteiger partial charge is 0.354 e. The van der Waals surface area contributed by atoms with E-state index in [1.54, 1.807) is 0 Å². The van der Waals surface area contributed by atoms with Gasteiger partial charge in [-0.25, -0.2) is 9.97 Å². The number of hydrogen-bond donors (Lipinski definition) is 1. The van der Waals surface area contributed by atoms with Gasteiger partial charge in [-0.15, -0.1) is 0 Å². The third kappa shape index (κ3) is 9.76. The molecule has 2 aromatic heterocycles. The second-order valence-electron chi connectivity index (χ2n) is 16.4. The minimum absolute atomic E-state index is 0.159. The number of hydrogen-bond acceptors (Lipinski definition) is 8. The number of benzene rings is 2. The van der Waals surface area contributed by atoms with Gasteiger partial charge >= 0.3 is 0 Å². The molecule has 2 atom stereocenters. The van der Waals surface area contributed by atoms with Crippen LogP contribution in [0.5, 0.6) is 0 Å². The number of nitrogens with zero attached hydrogens (tertiary/aromatic N) is 7. The molecule has 2 saturated heterocycles. The van der Waals surface area contributed by atoms with Crippen molar-refractivity contribution in [1.82, 2.24) is 30.0 Å². The first-order chi connectivity index (χ1) is 27.4. The van der Waals surface area contributed by atoms with Crippen molar-refractivity contribution in [2.75, 3.05) is 69.2 Å². The Balaban J connectivity index is 0.890. The predicted molar refractivity (Wildman–Crippen MR) is 223 cm³/mol. The fourth-order valence-corrected chi connectivity index (χ4v) is 8.76. The number of aromatic nitrogens is 2. The van der Waals surface area contributed by atoms with E-state index >= 15 is 0 Å². The number of rotatable bonds is 14. The van der Waals surface area contributed by atoms with Gasteiger partial charge in [0.2, 0.25) is 11.8 Å². The Morgan fingerprint density at radius 2 is 1.29 bits per heavy atom. The molecular weight excluding hydrogens is 697 g/mol. The van der Waals surface area contributed by atoms with E-state index in [0.717, 1.165) is 119 Å².